The average molecular weight is 1110 g/mol. The molecule has 4 aliphatic carbocycles. The predicted octanol–water partition coefficient (Wildman–Crippen LogP) is -4.41. The zero-order valence-electron chi connectivity index (χ0n) is 44.5. The fourth-order valence-corrected chi connectivity index (χ4v) is 15.4. The monoisotopic (exact) mass is 1110 g/mol. The number of hydrogen-bond donors (Lipinski definition) is 15. The van der Waals surface area contributed by atoms with Crippen molar-refractivity contribution in [2.45, 2.75) is 233 Å². The van der Waals surface area contributed by atoms with Crippen molar-refractivity contribution in [2.24, 2.45) is 46.3 Å². The van der Waals surface area contributed by atoms with Crippen LogP contribution in [0.3, 0.4) is 0 Å². The van der Waals surface area contributed by atoms with Crippen LogP contribution < -0.4 is 0 Å². The van der Waals surface area contributed by atoms with E-state index in [4.69, 9.17) is 47.4 Å². The smallest absolute Gasteiger partial charge is 0.187 e. The molecule has 0 aromatic heterocycles. The molecule has 25 nitrogen and oxygen atoms in total. The van der Waals surface area contributed by atoms with Crippen LogP contribution in [-0.4, -0.2) is 263 Å². The Morgan fingerprint density at radius 1 is 0.649 bits per heavy atom. The van der Waals surface area contributed by atoms with Crippen molar-refractivity contribution in [3.05, 3.63) is 11.6 Å². The van der Waals surface area contributed by atoms with Crippen LogP contribution in [0.2, 0.25) is 0 Å². The molecule has 9 aliphatic rings. The molecule has 0 aromatic carbocycles. The van der Waals surface area contributed by atoms with Crippen molar-refractivity contribution in [1.82, 2.24) is 0 Å². The fourth-order valence-electron chi connectivity index (χ4n) is 15.4. The Morgan fingerprint density at radius 3 is 1.86 bits per heavy atom. The maximum Gasteiger partial charge on any atom is 0.187 e. The molecule has 444 valence electrons. The second-order valence-electron chi connectivity index (χ2n) is 24.3. The van der Waals surface area contributed by atoms with Crippen LogP contribution in [0.15, 0.2) is 11.6 Å². The van der Waals surface area contributed by atoms with Gasteiger partial charge >= 0.3 is 0 Å². The number of allylic oxidation sites excluding steroid dienone is 1. The molecular weight excluding hydrogens is 1020 g/mol. The second-order valence-corrected chi connectivity index (χ2v) is 24.3. The lowest BCUT2D eigenvalue weighted by molar-refractivity contribution is -0.375. The lowest BCUT2D eigenvalue weighted by Gasteiger charge is -2.61. The van der Waals surface area contributed by atoms with E-state index in [1.54, 1.807) is 7.11 Å². The number of aliphatic hydroxyl groups is 15. The van der Waals surface area contributed by atoms with E-state index in [1.807, 2.05) is 13.8 Å². The van der Waals surface area contributed by atoms with Crippen LogP contribution >= 0.6 is 0 Å². The third-order valence-corrected chi connectivity index (χ3v) is 19.8. The van der Waals surface area contributed by atoms with Gasteiger partial charge in [0.05, 0.1) is 56.9 Å². The van der Waals surface area contributed by atoms with Crippen LogP contribution in [0.4, 0.5) is 0 Å². The third-order valence-electron chi connectivity index (χ3n) is 19.8. The van der Waals surface area contributed by atoms with Crippen molar-refractivity contribution in [3.8, 4) is 0 Å². The second kappa shape index (κ2) is 23.4. The van der Waals surface area contributed by atoms with Gasteiger partial charge in [0.1, 0.15) is 91.6 Å². The number of fused-ring (bicyclic) bond motifs is 7. The third kappa shape index (κ3) is 10.6. The van der Waals surface area contributed by atoms with Gasteiger partial charge in [-0.05, 0) is 74.0 Å². The van der Waals surface area contributed by atoms with E-state index in [1.165, 1.54) is 6.92 Å². The zero-order valence-corrected chi connectivity index (χ0v) is 44.5. The highest BCUT2D eigenvalue weighted by Crippen LogP contribution is 2.70. The molecule has 5 saturated heterocycles. The van der Waals surface area contributed by atoms with Crippen LogP contribution in [0, 0.1) is 46.3 Å². The van der Waals surface area contributed by atoms with Crippen molar-refractivity contribution < 1.29 is 124 Å². The average Bonchev–Trinajstić information content (AvgIpc) is 4.08. The summed E-state index contributed by atoms with van der Waals surface area (Å²) in [7, 11) is 1.64. The zero-order chi connectivity index (χ0) is 56.0. The Morgan fingerprint density at radius 2 is 1.23 bits per heavy atom. The van der Waals surface area contributed by atoms with Gasteiger partial charge in [-0.1, -0.05) is 39.3 Å². The SMILES string of the molecule is COC1(CCC(C)COC2OC(CO)C(O)C(O)C2O)OC2CC3C4CC=C5CC(OC6OC(COC7OC(CO)C(O)C(O)C7O)C(O)C(O)C6OC6OC(C)C(O)C(O)C6O)CC(O)C5(C)C4C(O)CC3(C)C2C1C. The van der Waals surface area contributed by atoms with Gasteiger partial charge in [0.25, 0.3) is 0 Å². The molecule has 0 bridgehead atoms. The number of rotatable bonds is 16. The lowest BCUT2D eigenvalue weighted by Crippen LogP contribution is -2.65. The topological polar surface area (TPSA) is 396 Å². The first-order valence-electron chi connectivity index (χ1n) is 27.5. The molecule has 0 spiro atoms. The van der Waals surface area contributed by atoms with Crippen LogP contribution in [0.5, 0.6) is 0 Å². The maximum atomic E-state index is 12.5. The number of ether oxygens (including phenoxy) is 10. The van der Waals surface area contributed by atoms with E-state index in [2.05, 4.69) is 19.9 Å². The molecule has 5 heterocycles. The summed E-state index contributed by atoms with van der Waals surface area (Å²) in [6.45, 7) is 8.03. The van der Waals surface area contributed by atoms with E-state index in [-0.39, 0.29) is 66.5 Å². The molecular formula is C52H86O25. The normalized spacial score (nSPS) is 55.2. The minimum Gasteiger partial charge on any atom is -0.394 e. The summed E-state index contributed by atoms with van der Waals surface area (Å²) in [5.74, 6) is -1.33. The molecule has 25 heteroatoms. The predicted molar refractivity (Wildman–Crippen MR) is 258 cm³/mol. The van der Waals surface area contributed by atoms with Crippen molar-refractivity contribution in [2.75, 3.05) is 33.5 Å². The molecule has 9 rings (SSSR count). The highest BCUT2D eigenvalue weighted by atomic mass is 16.8. The molecule has 15 N–H and O–H groups in total. The number of methoxy groups -OCH3 is 1. The van der Waals surface area contributed by atoms with E-state index >= 15 is 0 Å². The Labute approximate surface area is 447 Å². The maximum absolute atomic E-state index is 12.5. The van der Waals surface area contributed by atoms with Gasteiger partial charge in [-0.15, -0.1) is 0 Å². The quantitative estimate of drug-likeness (QED) is 0.0649. The van der Waals surface area contributed by atoms with Crippen molar-refractivity contribution in [3.63, 3.8) is 0 Å². The van der Waals surface area contributed by atoms with E-state index in [0.717, 1.165) is 5.57 Å². The molecule has 77 heavy (non-hydrogen) atoms. The fraction of sp³-hybridized carbons (Fsp3) is 0.962. The standard InChI is InChI=1S/C52H86O25/c1-19(17-69-46-42(65)39(62)35(58)28(15-53)73-46)9-10-52(68-6)20(2)32-27(77-52)13-25-24-8-7-22-11-23(12-31(56)51(22,5)33(24)26(55)14-50(25,32)4)72-49-45(76-48-44(67)38(61)34(57)21(3)71-48)41(64)37(60)30(75-49)18-70-47-43(66)40(63)36(59)29(16-54)74-47/h7,19-21,23-49,53-67H,8-18H2,1-6H3. The van der Waals surface area contributed by atoms with Gasteiger partial charge < -0.3 is 124 Å². The van der Waals surface area contributed by atoms with Gasteiger partial charge in [0, 0.05) is 31.3 Å². The minimum atomic E-state index is -1.85. The summed E-state index contributed by atoms with van der Waals surface area (Å²) in [4.78, 5) is 0. The van der Waals surface area contributed by atoms with Crippen LogP contribution in [0.25, 0.3) is 0 Å². The van der Waals surface area contributed by atoms with Gasteiger partial charge in [0.15, 0.2) is 30.9 Å². The van der Waals surface area contributed by atoms with Gasteiger partial charge in [-0.25, -0.2) is 0 Å². The van der Waals surface area contributed by atoms with E-state index < -0.39 is 172 Å². The molecule has 5 aliphatic heterocycles. The minimum absolute atomic E-state index is 0.0265. The number of aliphatic hydroxyl groups excluding tert-OH is 15. The molecule has 33 unspecified atom stereocenters. The van der Waals surface area contributed by atoms with Gasteiger partial charge in [0.2, 0.25) is 0 Å². The first-order chi connectivity index (χ1) is 36.3. The van der Waals surface area contributed by atoms with E-state index in [0.29, 0.717) is 32.1 Å². The molecule has 33 atom stereocenters. The molecule has 8 fully saturated rings. The first-order valence-corrected chi connectivity index (χ1v) is 27.5. The Balaban J connectivity index is 0.877. The Kier molecular flexibility index (Phi) is 18.3. The molecule has 0 amide bonds. The molecule has 0 aromatic rings. The molecule has 3 saturated carbocycles. The van der Waals surface area contributed by atoms with Crippen molar-refractivity contribution >= 4 is 0 Å². The largest absolute Gasteiger partial charge is 0.394 e. The van der Waals surface area contributed by atoms with Crippen LogP contribution in [-0.2, 0) is 47.4 Å². The summed E-state index contributed by atoms with van der Waals surface area (Å²) < 4.78 is 60.3. The van der Waals surface area contributed by atoms with Crippen LogP contribution in [0.1, 0.15) is 79.6 Å². The summed E-state index contributed by atoms with van der Waals surface area (Å²) >= 11 is 0. The molecule has 0 radical (unpaired) electrons. The highest BCUT2D eigenvalue weighted by molar-refractivity contribution is 5.30. The van der Waals surface area contributed by atoms with Gasteiger partial charge in [-0.3, -0.25) is 0 Å². The lowest BCUT2D eigenvalue weighted by atomic mass is 9.45. The summed E-state index contributed by atoms with van der Waals surface area (Å²) in [5, 5.41) is 161. The summed E-state index contributed by atoms with van der Waals surface area (Å²) in [6.07, 6.45) is -28.6. The highest BCUT2D eigenvalue weighted by Gasteiger charge is 2.71. The van der Waals surface area contributed by atoms with Crippen molar-refractivity contribution in [1.29, 1.82) is 0 Å². The Bertz CT molecular complexity index is 2000. The first kappa shape index (κ1) is 60.3. The Hall–Kier alpha value is -1.26. The number of hydrogen-bond acceptors (Lipinski definition) is 25. The summed E-state index contributed by atoms with van der Waals surface area (Å²) in [5.41, 5.74) is -0.408. The van der Waals surface area contributed by atoms with E-state index in [9.17, 15) is 76.6 Å². The van der Waals surface area contributed by atoms with Gasteiger partial charge in [-0.2, -0.15) is 0 Å². The summed E-state index contributed by atoms with van der Waals surface area (Å²) in [6, 6.07) is 0.